The normalized spacial score (nSPS) is 17.8. The highest BCUT2D eigenvalue weighted by Crippen LogP contribution is 2.32. The van der Waals surface area contributed by atoms with Crippen LogP contribution in [0.2, 0.25) is 0 Å². The summed E-state index contributed by atoms with van der Waals surface area (Å²) < 4.78 is 38.1. The van der Waals surface area contributed by atoms with Crippen LogP contribution >= 0.6 is 0 Å². The third-order valence-corrected chi connectivity index (χ3v) is 4.07. The van der Waals surface area contributed by atoms with E-state index < -0.39 is 11.7 Å². The highest BCUT2D eigenvalue weighted by atomic mass is 19.4. The maximum Gasteiger partial charge on any atom is 0.416 e. The number of halogens is 3. The first-order valence-electron chi connectivity index (χ1n) is 7.38. The van der Waals surface area contributed by atoms with Crippen LogP contribution in [0, 0.1) is 5.92 Å². The van der Waals surface area contributed by atoms with Crippen LogP contribution < -0.4 is 5.32 Å². The lowest BCUT2D eigenvalue weighted by Crippen LogP contribution is -2.34. The van der Waals surface area contributed by atoms with Crippen molar-refractivity contribution >= 4 is 0 Å². The van der Waals surface area contributed by atoms with Gasteiger partial charge in [0.25, 0.3) is 0 Å². The van der Waals surface area contributed by atoms with Crippen LogP contribution in [-0.2, 0) is 12.6 Å². The Bertz CT molecular complexity index is 424. The first-order chi connectivity index (χ1) is 9.49. The van der Waals surface area contributed by atoms with Crippen LogP contribution in [0.15, 0.2) is 24.3 Å². The molecule has 4 heteroatoms. The second-order valence-corrected chi connectivity index (χ2v) is 5.69. The van der Waals surface area contributed by atoms with Gasteiger partial charge in [-0.25, -0.2) is 0 Å². The summed E-state index contributed by atoms with van der Waals surface area (Å²) in [5.41, 5.74) is 0.221. The number of hydrogen-bond donors (Lipinski definition) is 1. The van der Waals surface area contributed by atoms with Gasteiger partial charge in [0.05, 0.1) is 5.56 Å². The van der Waals surface area contributed by atoms with E-state index in [1.54, 1.807) is 6.07 Å². The van der Waals surface area contributed by atoms with Crippen LogP contribution in [0.4, 0.5) is 13.2 Å². The van der Waals surface area contributed by atoms with Crippen molar-refractivity contribution in [3.05, 3.63) is 35.4 Å². The first-order valence-corrected chi connectivity index (χ1v) is 7.38. The van der Waals surface area contributed by atoms with Gasteiger partial charge in [0.2, 0.25) is 0 Å². The van der Waals surface area contributed by atoms with E-state index in [1.165, 1.54) is 31.4 Å². The van der Waals surface area contributed by atoms with E-state index >= 15 is 0 Å². The SMILES string of the molecule is CCNC(Cc1cccc(C(F)(F)F)c1)CC1CCC1. The molecule has 1 aromatic rings. The minimum absolute atomic E-state index is 0.286. The predicted octanol–water partition coefficient (Wildman–Crippen LogP) is 4.42. The molecule has 0 aliphatic heterocycles. The summed E-state index contributed by atoms with van der Waals surface area (Å²) >= 11 is 0. The number of nitrogens with one attached hydrogen (secondary N) is 1. The molecule has 1 aliphatic rings. The zero-order chi connectivity index (χ0) is 14.6. The summed E-state index contributed by atoms with van der Waals surface area (Å²) in [7, 11) is 0. The van der Waals surface area contributed by atoms with E-state index in [4.69, 9.17) is 0 Å². The molecule has 112 valence electrons. The molecule has 1 nitrogen and oxygen atoms in total. The van der Waals surface area contributed by atoms with Gasteiger partial charge < -0.3 is 5.32 Å². The van der Waals surface area contributed by atoms with Gasteiger partial charge in [0, 0.05) is 6.04 Å². The number of likely N-dealkylation sites (N-methyl/N-ethyl adjacent to an activating group) is 1. The van der Waals surface area contributed by atoms with Crippen molar-refractivity contribution in [2.75, 3.05) is 6.54 Å². The minimum atomic E-state index is -4.25. The van der Waals surface area contributed by atoms with Gasteiger partial charge in [-0.2, -0.15) is 13.2 Å². The van der Waals surface area contributed by atoms with E-state index in [-0.39, 0.29) is 6.04 Å². The molecule has 0 saturated heterocycles. The molecule has 0 aromatic heterocycles. The smallest absolute Gasteiger partial charge is 0.314 e. The standard InChI is InChI=1S/C16H22F3N/c1-2-20-15(10-12-5-3-6-12)11-13-7-4-8-14(9-13)16(17,18)19/h4,7-9,12,15,20H,2-3,5-6,10-11H2,1H3. The predicted molar refractivity (Wildman–Crippen MR) is 74.6 cm³/mol. The van der Waals surface area contributed by atoms with Gasteiger partial charge in [0.1, 0.15) is 0 Å². The Morgan fingerprint density at radius 1 is 1.30 bits per heavy atom. The third-order valence-electron chi connectivity index (χ3n) is 4.07. The fourth-order valence-corrected chi connectivity index (χ4v) is 2.82. The third kappa shape index (κ3) is 4.23. The molecule has 20 heavy (non-hydrogen) atoms. The molecule has 0 heterocycles. The van der Waals surface area contributed by atoms with Crippen molar-refractivity contribution in [3.63, 3.8) is 0 Å². The Balaban J connectivity index is 2.01. The highest BCUT2D eigenvalue weighted by Gasteiger charge is 2.30. The lowest BCUT2D eigenvalue weighted by Gasteiger charge is -2.30. The molecule has 1 N–H and O–H groups in total. The number of benzene rings is 1. The van der Waals surface area contributed by atoms with Crippen LogP contribution in [0.5, 0.6) is 0 Å². The number of rotatable bonds is 6. The fourth-order valence-electron chi connectivity index (χ4n) is 2.82. The van der Waals surface area contributed by atoms with Gasteiger partial charge in [-0.3, -0.25) is 0 Å². The van der Waals surface area contributed by atoms with Gasteiger partial charge in [-0.15, -0.1) is 0 Å². The van der Waals surface area contributed by atoms with Crippen LogP contribution in [0.25, 0.3) is 0 Å². The molecular weight excluding hydrogens is 263 g/mol. The Hall–Kier alpha value is -1.03. The van der Waals surface area contributed by atoms with Crippen LogP contribution in [-0.4, -0.2) is 12.6 Å². The van der Waals surface area contributed by atoms with Gasteiger partial charge in [-0.1, -0.05) is 44.4 Å². The summed E-state index contributed by atoms with van der Waals surface area (Å²) in [6, 6.07) is 6.00. The van der Waals surface area contributed by atoms with E-state index in [1.807, 2.05) is 6.92 Å². The molecule has 1 saturated carbocycles. The first kappa shape index (κ1) is 15.4. The average Bonchev–Trinajstić information content (AvgIpc) is 2.33. The lowest BCUT2D eigenvalue weighted by atomic mass is 9.80. The largest absolute Gasteiger partial charge is 0.416 e. The summed E-state index contributed by atoms with van der Waals surface area (Å²) in [6.07, 6.45) is 1.33. The van der Waals surface area contributed by atoms with E-state index in [9.17, 15) is 13.2 Å². The summed E-state index contributed by atoms with van der Waals surface area (Å²) in [4.78, 5) is 0. The van der Waals surface area contributed by atoms with Crippen molar-refractivity contribution in [3.8, 4) is 0 Å². The zero-order valence-corrected chi connectivity index (χ0v) is 11.8. The quantitative estimate of drug-likeness (QED) is 0.816. The number of hydrogen-bond acceptors (Lipinski definition) is 1. The van der Waals surface area contributed by atoms with Crippen molar-refractivity contribution in [1.82, 2.24) is 5.32 Å². The van der Waals surface area contributed by atoms with Crippen LogP contribution in [0.3, 0.4) is 0 Å². The van der Waals surface area contributed by atoms with Gasteiger partial charge in [-0.05, 0) is 36.9 Å². The van der Waals surface area contributed by atoms with E-state index in [2.05, 4.69) is 5.32 Å². The molecule has 0 amide bonds. The zero-order valence-electron chi connectivity index (χ0n) is 11.8. The summed E-state index contributed by atoms with van der Waals surface area (Å²) in [5.74, 6) is 0.754. The molecule has 1 atom stereocenters. The molecule has 0 bridgehead atoms. The maximum absolute atomic E-state index is 12.7. The lowest BCUT2D eigenvalue weighted by molar-refractivity contribution is -0.137. The monoisotopic (exact) mass is 285 g/mol. The second kappa shape index (κ2) is 6.61. The molecule has 2 rings (SSSR count). The van der Waals surface area contributed by atoms with Crippen molar-refractivity contribution in [1.29, 1.82) is 0 Å². The molecule has 1 fully saturated rings. The van der Waals surface area contributed by atoms with Crippen molar-refractivity contribution < 1.29 is 13.2 Å². The molecule has 1 unspecified atom stereocenters. The Labute approximate surface area is 118 Å². The fraction of sp³-hybridized carbons (Fsp3) is 0.625. The highest BCUT2D eigenvalue weighted by molar-refractivity contribution is 5.26. The van der Waals surface area contributed by atoms with Gasteiger partial charge in [0.15, 0.2) is 0 Å². The van der Waals surface area contributed by atoms with Crippen molar-refractivity contribution in [2.45, 2.75) is 51.2 Å². The molecule has 0 radical (unpaired) electrons. The van der Waals surface area contributed by atoms with Gasteiger partial charge >= 0.3 is 6.18 Å². The molecular formula is C16H22F3N. The minimum Gasteiger partial charge on any atom is -0.314 e. The molecule has 1 aliphatic carbocycles. The Morgan fingerprint density at radius 2 is 2.05 bits per heavy atom. The van der Waals surface area contributed by atoms with Crippen molar-refractivity contribution in [2.24, 2.45) is 5.92 Å². The Morgan fingerprint density at radius 3 is 2.60 bits per heavy atom. The molecule has 0 spiro atoms. The average molecular weight is 285 g/mol. The number of alkyl halides is 3. The summed E-state index contributed by atoms with van der Waals surface area (Å²) in [6.45, 7) is 2.90. The van der Waals surface area contributed by atoms with E-state index in [0.717, 1.165) is 30.5 Å². The topological polar surface area (TPSA) is 12.0 Å². The summed E-state index contributed by atoms with van der Waals surface area (Å²) in [5, 5.41) is 3.41. The Kier molecular flexibility index (Phi) is 5.08. The molecule has 1 aromatic carbocycles. The van der Waals surface area contributed by atoms with Crippen LogP contribution in [0.1, 0.15) is 43.7 Å². The maximum atomic E-state index is 12.7. The second-order valence-electron chi connectivity index (χ2n) is 5.69. The van der Waals surface area contributed by atoms with E-state index in [0.29, 0.717) is 6.42 Å².